The zero-order valence-electron chi connectivity index (χ0n) is 13.0. The lowest BCUT2D eigenvalue weighted by atomic mass is 10.0. The maximum Gasteiger partial charge on any atom is 0.318 e. The normalized spacial score (nSPS) is 17.1. The average molecular weight is 297 g/mol. The Hall–Kier alpha value is -2.23. The van der Waals surface area contributed by atoms with Gasteiger partial charge in [-0.05, 0) is 24.1 Å². The van der Waals surface area contributed by atoms with Gasteiger partial charge in [-0.15, -0.1) is 0 Å². The first-order valence-electron chi connectivity index (χ1n) is 8.03. The molecule has 2 heterocycles. The molecule has 1 aliphatic rings. The molecule has 1 unspecified atom stereocenters. The van der Waals surface area contributed by atoms with E-state index >= 15 is 0 Å². The summed E-state index contributed by atoms with van der Waals surface area (Å²) in [6, 6.07) is 14.5. The fraction of sp³-hybridized carbons (Fsp3) is 0.389. The summed E-state index contributed by atoms with van der Waals surface area (Å²) in [5, 5.41) is 3.06. The SMILES string of the molecule is CCCC1c2cccn2CCN1C(=O)NCc1ccccc1. The number of carbonyl (C=O) groups is 1. The van der Waals surface area contributed by atoms with Crippen molar-refractivity contribution in [2.75, 3.05) is 6.54 Å². The van der Waals surface area contributed by atoms with Crippen LogP contribution in [0.5, 0.6) is 0 Å². The van der Waals surface area contributed by atoms with Crippen molar-refractivity contribution in [1.29, 1.82) is 0 Å². The molecule has 2 aromatic rings. The number of urea groups is 1. The largest absolute Gasteiger partial charge is 0.348 e. The number of nitrogens with zero attached hydrogens (tertiary/aromatic N) is 2. The Labute approximate surface area is 131 Å². The molecule has 4 heteroatoms. The van der Waals surface area contributed by atoms with Crippen molar-refractivity contribution in [2.45, 2.75) is 38.9 Å². The molecule has 1 atom stereocenters. The van der Waals surface area contributed by atoms with Gasteiger partial charge in [0.05, 0.1) is 6.04 Å². The molecule has 0 radical (unpaired) electrons. The maximum absolute atomic E-state index is 12.6. The van der Waals surface area contributed by atoms with Gasteiger partial charge in [-0.2, -0.15) is 0 Å². The molecule has 1 N–H and O–H groups in total. The zero-order valence-corrected chi connectivity index (χ0v) is 13.0. The molecule has 1 aliphatic heterocycles. The Bertz CT molecular complexity index is 620. The minimum absolute atomic E-state index is 0.0368. The second kappa shape index (κ2) is 6.69. The van der Waals surface area contributed by atoms with Crippen molar-refractivity contribution in [3.05, 3.63) is 59.9 Å². The van der Waals surface area contributed by atoms with Crippen molar-refractivity contribution in [2.24, 2.45) is 0 Å². The lowest BCUT2D eigenvalue weighted by molar-refractivity contribution is 0.150. The summed E-state index contributed by atoms with van der Waals surface area (Å²) in [7, 11) is 0. The van der Waals surface area contributed by atoms with Gasteiger partial charge in [-0.1, -0.05) is 43.7 Å². The van der Waals surface area contributed by atoms with E-state index in [2.05, 4.69) is 35.1 Å². The second-order valence-corrected chi connectivity index (χ2v) is 5.77. The van der Waals surface area contributed by atoms with E-state index in [1.165, 1.54) is 5.69 Å². The van der Waals surface area contributed by atoms with Crippen LogP contribution in [0, 0.1) is 0 Å². The molecule has 4 nitrogen and oxygen atoms in total. The van der Waals surface area contributed by atoms with E-state index in [0.29, 0.717) is 6.54 Å². The summed E-state index contributed by atoms with van der Waals surface area (Å²) >= 11 is 0. The summed E-state index contributed by atoms with van der Waals surface area (Å²) < 4.78 is 2.27. The molecule has 0 saturated heterocycles. The minimum atomic E-state index is 0.0368. The molecule has 2 amide bonds. The molecule has 0 bridgehead atoms. The predicted molar refractivity (Wildman–Crippen MR) is 87.5 cm³/mol. The van der Waals surface area contributed by atoms with Crippen molar-refractivity contribution in [3.8, 4) is 0 Å². The van der Waals surface area contributed by atoms with E-state index < -0.39 is 0 Å². The van der Waals surface area contributed by atoms with Crippen LogP contribution in [-0.2, 0) is 13.1 Å². The standard InChI is InChI=1S/C18H23N3O/c1-2-7-17-16-10-6-11-20(16)12-13-21(17)18(22)19-14-15-8-4-3-5-9-15/h3-6,8-11,17H,2,7,12-14H2,1H3,(H,19,22). The first-order valence-corrected chi connectivity index (χ1v) is 8.03. The molecule has 116 valence electrons. The van der Waals surface area contributed by atoms with Crippen LogP contribution < -0.4 is 5.32 Å². The Morgan fingerprint density at radius 2 is 2.00 bits per heavy atom. The first kappa shape index (κ1) is 14.7. The summed E-state index contributed by atoms with van der Waals surface area (Å²) in [4.78, 5) is 14.6. The summed E-state index contributed by atoms with van der Waals surface area (Å²) in [6.07, 6.45) is 4.18. The molecule has 3 rings (SSSR count). The van der Waals surface area contributed by atoms with Gasteiger partial charge in [0.1, 0.15) is 0 Å². The van der Waals surface area contributed by atoms with E-state index in [1.807, 2.05) is 35.2 Å². The Morgan fingerprint density at radius 1 is 1.18 bits per heavy atom. The predicted octanol–water partition coefficient (Wildman–Crippen LogP) is 3.55. The van der Waals surface area contributed by atoms with Gasteiger partial charge in [0.15, 0.2) is 0 Å². The van der Waals surface area contributed by atoms with E-state index in [1.54, 1.807) is 0 Å². The molecule has 1 aromatic carbocycles. The van der Waals surface area contributed by atoms with Crippen LogP contribution in [0.3, 0.4) is 0 Å². The second-order valence-electron chi connectivity index (χ2n) is 5.77. The van der Waals surface area contributed by atoms with Crippen molar-refractivity contribution in [1.82, 2.24) is 14.8 Å². The Morgan fingerprint density at radius 3 is 2.77 bits per heavy atom. The molecule has 0 spiro atoms. The van der Waals surface area contributed by atoms with Gasteiger partial charge in [0, 0.05) is 31.5 Å². The van der Waals surface area contributed by atoms with Gasteiger partial charge >= 0.3 is 6.03 Å². The molecule has 22 heavy (non-hydrogen) atoms. The number of carbonyl (C=O) groups excluding carboxylic acids is 1. The number of hydrogen-bond acceptors (Lipinski definition) is 1. The van der Waals surface area contributed by atoms with Crippen LogP contribution in [0.1, 0.15) is 37.1 Å². The van der Waals surface area contributed by atoms with Crippen LogP contribution >= 0.6 is 0 Å². The minimum Gasteiger partial charge on any atom is -0.348 e. The number of hydrogen-bond donors (Lipinski definition) is 1. The number of aromatic nitrogens is 1. The van der Waals surface area contributed by atoms with Gasteiger partial charge in [0.25, 0.3) is 0 Å². The van der Waals surface area contributed by atoms with Crippen molar-refractivity contribution in [3.63, 3.8) is 0 Å². The third kappa shape index (κ3) is 3.01. The highest BCUT2D eigenvalue weighted by Gasteiger charge is 2.29. The summed E-state index contributed by atoms with van der Waals surface area (Å²) in [5.41, 5.74) is 2.38. The Balaban J connectivity index is 1.69. The van der Waals surface area contributed by atoms with Crippen LogP contribution in [-0.4, -0.2) is 22.0 Å². The molecular weight excluding hydrogens is 274 g/mol. The highest BCUT2D eigenvalue weighted by atomic mass is 16.2. The maximum atomic E-state index is 12.6. The number of nitrogens with one attached hydrogen (secondary N) is 1. The lowest BCUT2D eigenvalue weighted by Gasteiger charge is -2.37. The van der Waals surface area contributed by atoms with Crippen molar-refractivity contribution < 1.29 is 4.79 Å². The van der Waals surface area contributed by atoms with Gasteiger partial charge in [-0.3, -0.25) is 0 Å². The molecular formula is C18H23N3O. The van der Waals surface area contributed by atoms with E-state index in [4.69, 9.17) is 0 Å². The molecule has 0 aliphatic carbocycles. The monoisotopic (exact) mass is 297 g/mol. The van der Waals surface area contributed by atoms with Crippen LogP contribution in [0.15, 0.2) is 48.7 Å². The summed E-state index contributed by atoms with van der Waals surface area (Å²) in [5.74, 6) is 0. The highest BCUT2D eigenvalue weighted by molar-refractivity contribution is 5.74. The van der Waals surface area contributed by atoms with Crippen LogP contribution in [0.2, 0.25) is 0 Å². The third-order valence-corrected chi connectivity index (χ3v) is 4.27. The zero-order chi connectivity index (χ0) is 15.4. The van der Waals surface area contributed by atoms with Gasteiger partial charge in [0.2, 0.25) is 0 Å². The molecule has 1 aromatic heterocycles. The first-order chi connectivity index (χ1) is 10.8. The Kier molecular flexibility index (Phi) is 4.47. The molecule has 0 fully saturated rings. The lowest BCUT2D eigenvalue weighted by Crippen LogP contribution is -2.46. The summed E-state index contributed by atoms with van der Waals surface area (Å²) in [6.45, 7) is 4.40. The van der Waals surface area contributed by atoms with Gasteiger partial charge < -0.3 is 14.8 Å². The third-order valence-electron chi connectivity index (χ3n) is 4.27. The smallest absolute Gasteiger partial charge is 0.318 e. The quantitative estimate of drug-likeness (QED) is 0.920. The fourth-order valence-electron chi connectivity index (χ4n) is 3.16. The number of benzene rings is 1. The fourth-order valence-corrected chi connectivity index (χ4v) is 3.16. The number of fused-ring (bicyclic) bond motifs is 1. The van der Waals surface area contributed by atoms with Crippen LogP contribution in [0.4, 0.5) is 4.79 Å². The van der Waals surface area contributed by atoms with Crippen LogP contribution in [0.25, 0.3) is 0 Å². The van der Waals surface area contributed by atoms with Gasteiger partial charge in [-0.25, -0.2) is 4.79 Å². The van der Waals surface area contributed by atoms with E-state index in [0.717, 1.165) is 31.5 Å². The topological polar surface area (TPSA) is 37.3 Å². The van der Waals surface area contributed by atoms with E-state index in [9.17, 15) is 4.79 Å². The number of rotatable bonds is 4. The average Bonchev–Trinajstić information content (AvgIpc) is 3.03. The number of amides is 2. The molecule has 0 saturated carbocycles. The highest BCUT2D eigenvalue weighted by Crippen LogP contribution is 2.29. The van der Waals surface area contributed by atoms with E-state index in [-0.39, 0.29) is 12.1 Å². The van der Waals surface area contributed by atoms with Crippen molar-refractivity contribution >= 4 is 6.03 Å².